The van der Waals surface area contributed by atoms with E-state index in [1.165, 1.54) is 5.56 Å². The van der Waals surface area contributed by atoms with Crippen molar-refractivity contribution < 1.29 is 14.3 Å². The minimum atomic E-state index is -0.474. The summed E-state index contributed by atoms with van der Waals surface area (Å²) >= 11 is 0. The van der Waals surface area contributed by atoms with Crippen LogP contribution in [-0.4, -0.2) is 30.9 Å². The van der Waals surface area contributed by atoms with Crippen molar-refractivity contribution in [3.05, 3.63) is 35.9 Å². The van der Waals surface area contributed by atoms with Gasteiger partial charge < -0.3 is 14.8 Å². The molecule has 1 aromatic carbocycles. The van der Waals surface area contributed by atoms with Gasteiger partial charge >= 0.3 is 0 Å². The number of carbonyl (C=O) groups excluding carboxylic acids is 1. The van der Waals surface area contributed by atoms with Crippen molar-refractivity contribution in [1.82, 2.24) is 5.32 Å². The van der Waals surface area contributed by atoms with Crippen molar-refractivity contribution >= 4 is 5.91 Å². The van der Waals surface area contributed by atoms with E-state index in [9.17, 15) is 4.79 Å². The van der Waals surface area contributed by atoms with E-state index in [0.717, 1.165) is 19.3 Å². The lowest BCUT2D eigenvalue weighted by Crippen LogP contribution is -2.52. The zero-order valence-corrected chi connectivity index (χ0v) is 11.4. The highest BCUT2D eigenvalue weighted by atomic mass is 16.7. The Bertz CT molecular complexity index is 524. The van der Waals surface area contributed by atoms with Gasteiger partial charge in [-0.05, 0) is 12.0 Å². The molecule has 1 aromatic rings. The van der Waals surface area contributed by atoms with Crippen molar-refractivity contribution in [2.24, 2.45) is 0 Å². The van der Waals surface area contributed by atoms with Crippen LogP contribution in [-0.2, 0) is 19.7 Å². The van der Waals surface area contributed by atoms with Crippen LogP contribution in [0.5, 0.6) is 0 Å². The SMILES string of the molecule is O=C1C[C@]2(c3ccccc3)CC3(CC[C@@H]2N1)OCCO3. The molecule has 0 unspecified atom stereocenters. The zero-order valence-electron chi connectivity index (χ0n) is 11.4. The van der Waals surface area contributed by atoms with Crippen LogP contribution in [0.2, 0.25) is 0 Å². The number of nitrogens with one attached hydrogen (secondary N) is 1. The largest absolute Gasteiger partial charge is 0.352 e. The number of fused-ring (bicyclic) bond motifs is 1. The summed E-state index contributed by atoms with van der Waals surface area (Å²) in [5.41, 5.74) is 1.04. The summed E-state index contributed by atoms with van der Waals surface area (Å²) in [6.07, 6.45) is 3.09. The molecule has 2 atom stereocenters. The van der Waals surface area contributed by atoms with Gasteiger partial charge in [0.1, 0.15) is 0 Å². The van der Waals surface area contributed by atoms with Crippen molar-refractivity contribution in [2.75, 3.05) is 13.2 Å². The number of carbonyl (C=O) groups is 1. The number of hydrogen-bond donors (Lipinski definition) is 1. The number of rotatable bonds is 1. The van der Waals surface area contributed by atoms with E-state index >= 15 is 0 Å². The Morgan fingerprint density at radius 3 is 2.65 bits per heavy atom. The molecule has 1 spiro atoms. The molecule has 20 heavy (non-hydrogen) atoms. The number of ether oxygens (including phenoxy) is 2. The summed E-state index contributed by atoms with van der Waals surface area (Å²) in [7, 11) is 0. The fourth-order valence-electron chi connectivity index (χ4n) is 4.18. The van der Waals surface area contributed by atoms with E-state index in [2.05, 4.69) is 17.4 Å². The van der Waals surface area contributed by atoms with Crippen LogP contribution < -0.4 is 5.32 Å². The summed E-state index contributed by atoms with van der Waals surface area (Å²) in [5, 5.41) is 3.15. The molecule has 0 radical (unpaired) electrons. The lowest BCUT2D eigenvalue weighted by atomic mass is 9.64. The first-order valence-electron chi connectivity index (χ1n) is 7.35. The van der Waals surface area contributed by atoms with Crippen LogP contribution in [0.1, 0.15) is 31.2 Å². The molecular weight excluding hydrogens is 254 g/mol. The molecule has 4 heteroatoms. The summed E-state index contributed by atoms with van der Waals surface area (Å²) in [6, 6.07) is 10.6. The minimum Gasteiger partial charge on any atom is -0.352 e. The molecule has 3 fully saturated rings. The van der Waals surface area contributed by atoms with Crippen molar-refractivity contribution in [2.45, 2.75) is 42.9 Å². The van der Waals surface area contributed by atoms with Gasteiger partial charge in [-0.2, -0.15) is 0 Å². The highest BCUT2D eigenvalue weighted by Gasteiger charge is 2.57. The topological polar surface area (TPSA) is 47.6 Å². The molecule has 106 valence electrons. The van der Waals surface area contributed by atoms with Gasteiger partial charge in [0, 0.05) is 30.7 Å². The summed E-state index contributed by atoms with van der Waals surface area (Å²) in [6.45, 7) is 1.33. The van der Waals surface area contributed by atoms with Crippen LogP contribution >= 0.6 is 0 Å². The Morgan fingerprint density at radius 1 is 1.15 bits per heavy atom. The Morgan fingerprint density at radius 2 is 1.90 bits per heavy atom. The van der Waals surface area contributed by atoms with E-state index in [0.29, 0.717) is 19.6 Å². The fraction of sp³-hybridized carbons (Fsp3) is 0.562. The van der Waals surface area contributed by atoms with Gasteiger partial charge in [0.25, 0.3) is 0 Å². The molecule has 4 rings (SSSR count). The monoisotopic (exact) mass is 273 g/mol. The molecule has 2 aliphatic heterocycles. The average molecular weight is 273 g/mol. The molecule has 1 N–H and O–H groups in total. The second kappa shape index (κ2) is 4.30. The average Bonchev–Trinajstić information content (AvgIpc) is 3.04. The quantitative estimate of drug-likeness (QED) is 0.848. The van der Waals surface area contributed by atoms with E-state index in [4.69, 9.17) is 9.47 Å². The predicted octanol–water partition coefficient (Wildman–Crippen LogP) is 1.74. The number of amides is 1. The first kappa shape index (κ1) is 12.4. The fourth-order valence-corrected chi connectivity index (χ4v) is 4.18. The molecule has 0 aromatic heterocycles. The van der Waals surface area contributed by atoms with Gasteiger partial charge in [-0.25, -0.2) is 0 Å². The minimum absolute atomic E-state index is 0.147. The van der Waals surface area contributed by atoms with Gasteiger partial charge in [0.2, 0.25) is 5.91 Å². The van der Waals surface area contributed by atoms with Crippen LogP contribution in [0.3, 0.4) is 0 Å². The lowest BCUT2D eigenvalue weighted by Gasteiger charge is -2.46. The van der Waals surface area contributed by atoms with Crippen LogP contribution in [0.25, 0.3) is 0 Å². The first-order chi connectivity index (χ1) is 9.73. The van der Waals surface area contributed by atoms with Crippen molar-refractivity contribution in [1.29, 1.82) is 0 Å². The molecule has 1 saturated carbocycles. The summed E-state index contributed by atoms with van der Waals surface area (Å²) < 4.78 is 11.8. The highest BCUT2D eigenvalue weighted by Crippen LogP contribution is 2.51. The van der Waals surface area contributed by atoms with E-state index < -0.39 is 5.79 Å². The molecule has 4 nitrogen and oxygen atoms in total. The maximum atomic E-state index is 12.0. The third kappa shape index (κ3) is 1.71. The standard InChI is InChI=1S/C16H19NO3/c18-14-10-15(12-4-2-1-3-5-12)11-16(19-8-9-20-16)7-6-13(15)17-14/h1-5,13H,6-11H2,(H,17,18)/t13-,15+/m0/s1. The summed E-state index contributed by atoms with van der Waals surface area (Å²) in [5.74, 6) is -0.326. The smallest absolute Gasteiger partial charge is 0.221 e. The Balaban J connectivity index is 1.77. The number of hydrogen-bond acceptors (Lipinski definition) is 3. The molecule has 1 aliphatic carbocycles. The molecule has 0 bridgehead atoms. The lowest BCUT2D eigenvalue weighted by molar-refractivity contribution is -0.192. The molecule has 1 amide bonds. The third-order valence-electron chi connectivity index (χ3n) is 5.04. The second-order valence-corrected chi connectivity index (χ2v) is 6.14. The van der Waals surface area contributed by atoms with Gasteiger partial charge in [-0.3, -0.25) is 4.79 Å². The Hall–Kier alpha value is -1.39. The predicted molar refractivity (Wildman–Crippen MR) is 73.2 cm³/mol. The Labute approximate surface area is 118 Å². The number of benzene rings is 1. The van der Waals surface area contributed by atoms with E-state index in [1.54, 1.807) is 0 Å². The van der Waals surface area contributed by atoms with Crippen molar-refractivity contribution in [3.8, 4) is 0 Å². The molecule has 2 saturated heterocycles. The third-order valence-corrected chi connectivity index (χ3v) is 5.04. The first-order valence-corrected chi connectivity index (χ1v) is 7.35. The van der Waals surface area contributed by atoms with Gasteiger partial charge in [0.05, 0.1) is 13.2 Å². The van der Waals surface area contributed by atoms with E-state index in [1.807, 2.05) is 18.2 Å². The molecular formula is C16H19NO3. The van der Waals surface area contributed by atoms with Crippen molar-refractivity contribution in [3.63, 3.8) is 0 Å². The normalized spacial score (nSPS) is 35.0. The van der Waals surface area contributed by atoms with E-state index in [-0.39, 0.29) is 17.4 Å². The van der Waals surface area contributed by atoms with Gasteiger partial charge in [-0.1, -0.05) is 30.3 Å². The van der Waals surface area contributed by atoms with Gasteiger partial charge in [-0.15, -0.1) is 0 Å². The van der Waals surface area contributed by atoms with Crippen LogP contribution in [0, 0.1) is 0 Å². The maximum absolute atomic E-state index is 12.0. The Kier molecular flexibility index (Phi) is 2.66. The van der Waals surface area contributed by atoms with Crippen LogP contribution in [0.15, 0.2) is 30.3 Å². The summed E-state index contributed by atoms with van der Waals surface area (Å²) in [4.78, 5) is 12.0. The maximum Gasteiger partial charge on any atom is 0.221 e. The van der Waals surface area contributed by atoms with Gasteiger partial charge in [0.15, 0.2) is 5.79 Å². The molecule has 2 heterocycles. The molecule has 3 aliphatic rings. The highest BCUT2D eigenvalue weighted by molar-refractivity contribution is 5.81. The van der Waals surface area contributed by atoms with Crippen LogP contribution in [0.4, 0.5) is 0 Å². The second-order valence-electron chi connectivity index (χ2n) is 6.14. The zero-order chi connectivity index (χ0) is 13.6.